The lowest BCUT2D eigenvalue weighted by molar-refractivity contribution is -0.116. The van der Waals surface area contributed by atoms with Gasteiger partial charge in [0.2, 0.25) is 5.91 Å². The van der Waals surface area contributed by atoms with Crippen molar-refractivity contribution in [1.82, 2.24) is 4.90 Å². The second-order valence-electron chi connectivity index (χ2n) is 4.85. The summed E-state index contributed by atoms with van der Waals surface area (Å²) in [5.41, 5.74) is 7.29. The Kier molecular flexibility index (Phi) is 8.61. The van der Waals surface area contributed by atoms with E-state index in [1.807, 2.05) is 29.2 Å². The molecule has 0 aliphatic carbocycles. The molecule has 0 fully saturated rings. The standard InChI is InChI=1S/C15H25N3O3/c16-12-13-3-1-4-14(11-13)17-15(21)5-2-6-18(7-9-19)8-10-20/h1,3-4,11,19-20H,2,5-10,12,16H2,(H,17,21). The van der Waals surface area contributed by atoms with E-state index in [-0.39, 0.29) is 19.1 Å². The average molecular weight is 295 g/mol. The lowest BCUT2D eigenvalue weighted by atomic mass is 10.2. The summed E-state index contributed by atoms with van der Waals surface area (Å²) in [6.07, 6.45) is 1.09. The SMILES string of the molecule is NCc1cccc(NC(=O)CCCN(CCO)CCO)c1. The minimum atomic E-state index is -0.0443. The maximum Gasteiger partial charge on any atom is 0.224 e. The summed E-state index contributed by atoms with van der Waals surface area (Å²) in [6, 6.07) is 7.47. The summed E-state index contributed by atoms with van der Waals surface area (Å²) < 4.78 is 0. The van der Waals surface area contributed by atoms with E-state index in [1.165, 1.54) is 0 Å². The number of anilines is 1. The van der Waals surface area contributed by atoms with Crippen molar-refractivity contribution in [3.05, 3.63) is 29.8 Å². The number of hydrogen-bond donors (Lipinski definition) is 4. The van der Waals surface area contributed by atoms with Crippen molar-refractivity contribution in [3.8, 4) is 0 Å². The van der Waals surface area contributed by atoms with E-state index >= 15 is 0 Å². The van der Waals surface area contributed by atoms with Crippen molar-refractivity contribution in [1.29, 1.82) is 0 Å². The zero-order chi connectivity index (χ0) is 15.5. The van der Waals surface area contributed by atoms with Gasteiger partial charge in [-0.2, -0.15) is 0 Å². The van der Waals surface area contributed by atoms with Gasteiger partial charge in [0.25, 0.3) is 0 Å². The number of amides is 1. The minimum absolute atomic E-state index is 0.0443. The van der Waals surface area contributed by atoms with E-state index in [9.17, 15) is 4.79 Å². The van der Waals surface area contributed by atoms with Gasteiger partial charge in [0.1, 0.15) is 0 Å². The molecule has 0 aromatic heterocycles. The van der Waals surface area contributed by atoms with Gasteiger partial charge >= 0.3 is 0 Å². The average Bonchev–Trinajstić information content (AvgIpc) is 2.48. The maximum atomic E-state index is 11.8. The third-order valence-electron chi connectivity index (χ3n) is 3.16. The van der Waals surface area contributed by atoms with E-state index in [2.05, 4.69) is 5.32 Å². The number of nitrogens with zero attached hydrogens (tertiary/aromatic N) is 1. The van der Waals surface area contributed by atoms with Crippen molar-refractivity contribution in [2.24, 2.45) is 5.73 Å². The van der Waals surface area contributed by atoms with Gasteiger partial charge in [0.15, 0.2) is 0 Å². The lowest BCUT2D eigenvalue weighted by Crippen LogP contribution is -2.31. The van der Waals surface area contributed by atoms with Crippen LogP contribution >= 0.6 is 0 Å². The van der Waals surface area contributed by atoms with Gasteiger partial charge in [-0.3, -0.25) is 9.69 Å². The molecule has 0 aliphatic rings. The Bertz CT molecular complexity index is 420. The van der Waals surface area contributed by atoms with Crippen LogP contribution in [0.2, 0.25) is 0 Å². The van der Waals surface area contributed by atoms with Crippen LogP contribution in [-0.4, -0.2) is 53.9 Å². The fraction of sp³-hybridized carbons (Fsp3) is 0.533. The zero-order valence-corrected chi connectivity index (χ0v) is 12.3. The Morgan fingerprint density at radius 1 is 1.19 bits per heavy atom. The third kappa shape index (κ3) is 7.19. The monoisotopic (exact) mass is 295 g/mol. The first-order chi connectivity index (χ1) is 10.2. The molecule has 0 saturated carbocycles. The summed E-state index contributed by atoms with van der Waals surface area (Å²) in [5, 5.41) is 20.6. The van der Waals surface area contributed by atoms with Crippen LogP contribution in [0.5, 0.6) is 0 Å². The molecular weight excluding hydrogens is 270 g/mol. The van der Waals surface area contributed by atoms with Crippen LogP contribution in [0.25, 0.3) is 0 Å². The maximum absolute atomic E-state index is 11.8. The predicted molar refractivity (Wildman–Crippen MR) is 82.8 cm³/mol. The summed E-state index contributed by atoms with van der Waals surface area (Å²) in [6.45, 7) is 2.26. The number of benzene rings is 1. The number of nitrogens with two attached hydrogens (primary N) is 1. The van der Waals surface area contributed by atoms with Crippen molar-refractivity contribution in [3.63, 3.8) is 0 Å². The van der Waals surface area contributed by atoms with Crippen LogP contribution in [0.15, 0.2) is 24.3 Å². The summed E-state index contributed by atoms with van der Waals surface area (Å²) in [4.78, 5) is 13.8. The summed E-state index contributed by atoms with van der Waals surface area (Å²) in [5.74, 6) is -0.0443. The molecule has 0 aliphatic heterocycles. The Morgan fingerprint density at radius 2 is 1.90 bits per heavy atom. The van der Waals surface area contributed by atoms with E-state index in [0.717, 1.165) is 11.3 Å². The van der Waals surface area contributed by atoms with Crippen molar-refractivity contribution < 1.29 is 15.0 Å². The lowest BCUT2D eigenvalue weighted by Gasteiger charge is -2.19. The van der Waals surface area contributed by atoms with Crippen molar-refractivity contribution in [2.45, 2.75) is 19.4 Å². The minimum Gasteiger partial charge on any atom is -0.395 e. The first-order valence-corrected chi connectivity index (χ1v) is 7.22. The van der Waals surface area contributed by atoms with Gasteiger partial charge in [-0.1, -0.05) is 12.1 Å². The molecule has 1 aromatic rings. The Balaban J connectivity index is 2.32. The fourth-order valence-electron chi connectivity index (χ4n) is 2.08. The molecule has 21 heavy (non-hydrogen) atoms. The molecule has 1 aromatic carbocycles. The molecule has 0 bridgehead atoms. The largest absolute Gasteiger partial charge is 0.395 e. The zero-order valence-electron chi connectivity index (χ0n) is 12.3. The van der Waals surface area contributed by atoms with Crippen LogP contribution in [0.1, 0.15) is 18.4 Å². The van der Waals surface area contributed by atoms with Gasteiger partial charge in [-0.25, -0.2) is 0 Å². The van der Waals surface area contributed by atoms with Gasteiger partial charge in [0.05, 0.1) is 13.2 Å². The normalized spacial score (nSPS) is 10.9. The molecule has 118 valence electrons. The van der Waals surface area contributed by atoms with Crippen LogP contribution in [-0.2, 0) is 11.3 Å². The highest BCUT2D eigenvalue weighted by Crippen LogP contribution is 2.10. The highest BCUT2D eigenvalue weighted by molar-refractivity contribution is 5.90. The second-order valence-corrected chi connectivity index (χ2v) is 4.85. The van der Waals surface area contributed by atoms with Crippen LogP contribution in [0.3, 0.4) is 0 Å². The quantitative estimate of drug-likeness (QED) is 0.492. The number of aliphatic hydroxyl groups excluding tert-OH is 2. The van der Waals surface area contributed by atoms with Gasteiger partial charge in [0, 0.05) is 31.7 Å². The van der Waals surface area contributed by atoms with E-state index in [1.54, 1.807) is 0 Å². The Labute approximate surface area is 125 Å². The topological polar surface area (TPSA) is 98.8 Å². The Hall–Kier alpha value is -1.47. The number of hydrogen-bond acceptors (Lipinski definition) is 5. The van der Waals surface area contributed by atoms with Crippen LogP contribution in [0, 0.1) is 0 Å². The molecule has 0 saturated heterocycles. The van der Waals surface area contributed by atoms with Crippen molar-refractivity contribution in [2.75, 3.05) is 38.2 Å². The second kappa shape index (κ2) is 10.3. The summed E-state index contributed by atoms with van der Waals surface area (Å²) >= 11 is 0. The van der Waals surface area contributed by atoms with Crippen LogP contribution in [0.4, 0.5) is 5.69 Å². The highest BCUT2D eigenvalue weighted by atomic mass is 16.3. The number of nitrogens with one attached hydrogen (secondary N) is 1. The number of rotatable bonds is 10. The highest BCUT2D eigenvalue weighted by Gasteiger charge is 2.06. The molecule has 0 heterocycles. The van der Waals surface area contributed by atoms with Crippen LogP contribution < -0.4 is 11.1 Å². The molecule has 0 unspecified atom stereocenters. The number of carbonyl (C=O) groups excluding carboxylic acids is 1. The van der Waals surface area contributed by atoms with Gasteiger partial charge in [-0.15, -0.1) is 0 Å². The Morgan fingerprint density at radius 3 is 2.52 bits per heavy atom. The first kappa shape index (κ1) is 17.6. The molecule has 0 spiro atoms. The van der Waals surface area contributed by atoms with Gasteiger partial charge in [-0.05, 0) is 30.7 Å². The van der Waals surface area contributed by atoms with Crippen molar-refractivity contribution >= 4 is 11.6 Å². The summed E-state index contributed by atoms with van der Waals surface area (Å²) in [7, 11) is 0. The first-order valence-electron chi connectivity index (χ1n) is 7.22. The van der Waals surface area contributed by atoms with E-state index in [0.29, 0.717) is 39.0 Å². The molecule has 6 heteroatoms. The molecule has 5 N–H and O–H groups in total. The molecular formula is C15H25N3O3. The van der Waals surface area contributed by atoms with E-state index in [4.69, 9.17) is 15.9 Å². The molecule has 6 nitrogen and oxygen atoms in total. The predicted octanol–water partition coefficient (Wildman–Crippen LogP) is 0.151. The van der Waals surface area contributed by atoms with Gasteiger partial charge < -0.3 is 21.3 Å². The number of carbonyl (C=O) groups is 1. The smallest absolute Gasteiger partial charge is 0.224 e. The molecule has 1 amide bonds. The molecule has 0 atom stereocenters. The molecule has 1 rings (SSSR count). The number of aliphatic hydroxyl groups is 2. The fourth-order valence-corrected chi connectivity index (χ4v) is 2.08. The third-order valence-corrected chi connectivity index (χ3v) is 3.16. The molecule has 0 radical (unpaired) electrons. The van der Waals surface area contributed by atoms with E-state index < -0.39 is 0 Å².